The maximum absolute atomic E-state index is 9.90. The van der Waals surface area contributed by atoms with Gasteiger partial charge in [0, 0.05) is 28.3 Å². The molecule has 0 spiro atoms. The van der Waals surface area contributed by atoms with Crippen molar-refractivity contribution in [2.75, 3.05) is 12.4 Å². The van der Waals surface area contributed by atoms with Gasteiger partial charge in [-0.1, -0.05) is 22.0 Å². The van der Waals surface area contributed by atoms with E-state index in [1.54, 1.807) is 13.2 Å². The van der Waals surface area contributed by atoms with E-state index >= 15 is 0 Å². The van der Waals surface area contributed by atoms with Gasteiger partial charge in [0.1, 0.15) is 11.5 Å². The summed E-state index contributed by atoms with van der Waals surface area (Å²) in [5, 5.41) is 13.2. The van der Waals surface area contributed by atoms with E-state index in [9.17, 15) is 5.11 Å². The lowest BCUT2D eigenvalue weighted by Crippen LogP contribution is -2.01. The maximum atomic E-state index is 9.90. The molecule has 0 aromatic heterocycles. The number of ether oxygens (including phenoxy) is 1. The Kier molecular flexibility index (Phi) is 4.32. The molecule has 0 amide bonds. The monoisotopic (exact) mass is 321 g/mol. The van der Waals surface area contributed by atoms with Gasteiger partial charge < -0.3 is 15.2 Å². The smallest absolute Gasteiger partial charge is 0.124 e. The van der Waals surface area contributed by atoms with Crippen molar-refractivity contribution in [2.24, 2.45) is 0 Å². The zero-order valence-corrected chi connectivity index (χ0v) is 12.5. The molecule has 4 heteroatoms. The molecule has 0 aliphatic carbocycles. The van der Waals surface area contributed by atoms with Crippen LogP contribution in [0.2, 0.25) is 0 Å². The molecule has 0 radical (unpaired) electrons. The minimum Gasteiger partial charge on any atom is -0.507 e. The molecule has 0 heterocycles. The Morgan fingerprint density at radius 1 is 1.26 bits per heavy atom. The molecule has 0 unspecified atom stereocenters. The molecule has 19 heavy (non-hydrogen) atoms. The van der Waals surface area contributed by atoms with Crippen LogP contribution in [-0.2, 0) is 6.54 Å². The molecular weight excluding hydrogens is 306 g/mol. The molecule has 100 valence electrons. The number of nitrogens with one attached hydrogen (secondary N) is 1. The minimum absolute atomic E-state index is 0.236. The number of phenolic OH excluding ortho intramolecular Hbond substituents is 1. The molecule has 3 nitrogen and oxygen atoms in total. The maximum Gasteiger partial charge on any atom is 0.124 e. The Labute approximate surface area is 121 Å². The molecule has 2 N–H and O–H groups in total. The standard InChI is InChI=1S/C15H16BrNO2/c1-10-13(16)4-3-5-14(10)17-9-11-6-7-12(19-2)8-15(11)18/h3-8,17-18H,9H2,1-2H3. The van der Waals surface area contributed by atoms with Crippen LogP contribution in [0.3, 0.4) is 0 Å². The Morgan fingerprint density at radius 3 is 2.74 bits per heavy atom. The predicted octanol–water partition coefficient (Wildman–Crippen LogP) is 4.08. The summed E-state index contributed by atoms with van der Waals surface area (Å²) in [4.78, 5) is 0. The van der Waals surface area contributed by atoms with Crippen molar-refractivity contribution in [1.29, 1.82) is 0 Å². The lowest BCUT2D eigenvalue weighted by Gasteiger charge is -2.12. The van der Waals surface area contributed by atoms with Crippen LogP contribution in [0.5, 0.6) is 11.5 Å². The molecule has 0 atom stereocenters. The number of phenols is 1. The highest BCUT2D eigenvalue weighted by atomic mass is 79.9. The third-order valence-corrected chi connectivity index (χ3v) is 3.89. The van der Waals surface area contributed by atoms with E-state index < -0.39 is 0 Å². The van der Waals surface area contributed by atoms with Crippen molar-refractivity contribution in [3.8, 4) is 11.5 Å². The van der Waals surface area contributed by atoms with Crippen molar-refractivity contribution < 1.29 is 9.84 Å². The van der Waals surface area contributed by atoms with E-state index in [1.165, 1.54) is 0 Å². The highest BCUT2D eigenvalue weighted by molar-refractivity contribution is 9.10. The summed E-state index contributed by atoms with van der Waals surface area (Å²) in [7, 11) is 1.58. The zero-order chi connectivity index (χ0) is 13.8. The van der Waals surface area contributed by atoms with Crippen LogP contribution < -0.4 is 10.1 Å². The van der Waals surface area contributed by atoms with E-state index in [1.807, 2.05) is 37.3 Å². The van der Waals surface area contributed by atoms with Gasteiger partial charge >= 0.3 is 0 Å². The molecule has 2 aromatic carbocycles. The number of rotatable bonds is 4. The highest BCUT2D eigenvalue weighted by Gasteiger charge is 2.05. The Morgan fingerprint density at radius 2 is 2.05 bits per heavy atom. The molecule has 0 fully saturated rings. The second-order valence-electron chi connectivity index (χ2n) is 4.26. The van der Waals surface area contributed by atoms with Crippen LogP contribution >= 0.6 is 15.9 Å². The van der Waals surface area contributed by atoms with Crippen molar-refractivity contribution >= 4 is 21.6 Å². The van der Waals surface area contributed by atoms with Gasteiger partial charge in [0.05, 0.1) is 7.11 Å². The van der Waals surface area contributed by atoms with Gasteiger partial charge in [-0.05, 0) is 36.8 Å². The summed E-state index contributed by atoms with van der Waals surface area (Å²) in [6.45, 7) is 2.60. The summed E-state index contributed by atoms with van der Waals surface area (Å²) < 4.78 is 6.13. The lowest BCUT2D eigenvalue weighted by atomic mass is 10.1. The van der Waals surface area contributed by atoms with E-state index in [4.69, 9.17) is 4.74 Å². The quantitative estimate of drug-likeness (QED) is 0.891. The first-order valence-corrected chi connectivity index (χ1v) is 6.76. The van der Waals surface area contributed by atoms with E-state index in [0.29, 0.717) is 12.3 Å². The van der Waals surface area contributed by atoms with E-state index in [-0.39, 0.29) is 5.75 Å². The first kappa shape index (κ1) is 13.7. The Bertz CT molecular complexity index is 584. The van der Waals surface area contributed by atoms with Gasteiger partial charge in [-0.15, -0.1) is 0 Å². The van der Waals surface area contributed by atoms with Crippen LogP contribution in [0.25, 0.3) is 0 Å². The summed E-state index contributed by atoms with van der Waals surface area (Å²) >= 11 is 3.50. The van der Waals surface area contributed by atoms with Gasteiger partial charge in [0.25, 0.3) is 0 Å². The fourth-order valence-corrected chi connectivity index (χ4v) is 2.18. The van der Waals surface area contributed by atoms with Crippen molar-refractivity contribution in [2.45, 2.75) is 13.5 Å². The number of halogens is 1. The third kappa shape index (κ3) is 3.20. The van der Waals surface area contributed by atoms with Crippen molar-refractivity contribution in [3.63, 3.8) is 0 Å². The van der Waals surface area contributed by atoms with Crippen LogP contribution in [0, 0.1) is 6.92 Å². The molecule has 0 saturated carbocycles. The molecule has 0 aliphatic rings. The summed E-state index contributed by atoms with van der Waals surface area (Å²) in [6.07, 6.45) is 0. The number of anilines is 1. The van der Waals surface area contributed by atoms with Gasteiger partial charge in [-0.25, -0.2) is 0 Å². The fraction of sp³-hybridized carbons (Fsp3) is 0.200. The average Bonchev–Trinajstić information content (AvgIpc) is 2.41. The van der Waals surface area contributed by atoms with Crippen LogP contribution in [0.15, 0.2) is 40.9 Å². The van der Waals surface area contributed by atoms with Crippen molar-refractivity contribution in [3.05, 3.63) is 52.0 Å². The molecule has 0 bridgehead atoms. The predicted molar refractivity (Wildman–Crippen MR) is 80.9 cm³/mol. The Balaban J connectivity index is 2.12. The second-order valence-corrected chi connectivity index (χ2v) is 5.11. The molecule has 2 rings (SSSR count). The summed E-state index contributed by atoms with van der Waals surface area (Å²) in [5.41, 5.74) is 3.03. The number of methoxy groups -OCH3 is 1. The highest BCUT2D eigenvalue weighted by Crippen LogP contribution is 2.27. The number of aromatic hydroxyl groups is 1. The van der Waals surface area contributed by atoms with Crippen LogP contribution in [0.4, 0.5) is 5.69 Å². The van der Waals surface area contributed by atoms with E-state index in [2.05, 4.69) is 21.2 Å². The average molecular weight is 322 g/mol. The van der Waals surface area contributed by atoms with Gasteiger partial charge in [0.2, 0.25) is 0 Å². The molecule has 2 aromatic rings. The molecule has 0 saturated heterocycles. The third-order valence-electron chi connectivity index (χ3n) is 3.03. The largest absolute Gasteiger partial charge is 0.507 e. The van der Waals surface area contributed by atoms with Gasteiger partial charge in [0.15, 0.2) is 0 Å². The van der Waals surface area contributed by atoms with Crippen molar-refractivity contribution in [1.82, 2.24) is 0 Å². The normalized spacial score (nSPS) is 10.3. The lowest BCUT2D eigenvalue weighted by molar-refractivity contribution is 0.406. The Hall–Kier alpha value is -1.68. The number of hydrogen-bond acceptors (Lipinski definition) is 3. The van der Waals surface area contributed by atoms with E-state index in [0.717, 1.165) is 21.3 Å². The SMILES string of the molecule is COc1ccc(CNc2cccc(Br)c2C)c(O)c1. The first-order chi connectivity index (χ1) is 9.11. The number of hydrogen-bond donors (Lipinski definition) is 2. The minimum atomic E-state index is 0.236. The summed E-state index contributed by atoms with van der Waals surface area (Å²) in [5.74, 6) is 0.888. The molecule has 0 aliphatic heterocycles. The van der Waals surface area contributed by atoms with Gasteiger partial charge in [-0.3, -0.25) is 0 Å². The first-order valence-electron chi connectivity index (χ1n) is 5.96. The summed E-state index contributed by atoms with van der Waals surface area (Å²) in [6, 6.07) is 11.3. The number of benzene rings is 2. The topological polar surface area (TPSA) is 41.5 Å². The van der Waals surface area contributed by atoms with Crippen LogP contribution in [0.1, 0.15) is 11.1 Å². The van der Waals surface area contributed by atoms with Crippen LogP contribution in [-0.4, -0.2) is 12.2 Å². The van der Waals surface area contributed by atoms with Gasteiger partial charge in [-0.2, -0.15) is 0 Å². The fourth-order valence-electron chi connectivity index (χ4n) is 1.81. The second kappa shape index (κ2) is 5.97. The zero-order valence-electron chi connectivity index (χ0n) is 10.9. The molecular formula is C15H16BrNO2.